The Labute approximate surface area is 166 Å². The second-order valence-electron chi connectivity index (χ2n) is 9.16. The van der Waals surface area contributed by atoms with Gasteiger partial charge in [0.15, 0.2) is 0 Å². The SMILES string of the molecule is CCCCCCCCCCCC1(C(=O)O)CCCCC1(CC(C)C)C(=O)O. The van der Waals surface area contributed by atoms with Crippen molar-refractivity contribution in [2.24, 2.45) is 16.7 Å². The summed E-state index contributed by atoms with van der Waals surface area (Å²) in [4.78, 5) is 24.7. The Hall–Kier alpha value is -1.06. The van der Waals surface area contributed by atoms with Gasteiger partial charge >= 0.3 is 11.9 Å². The maximum absolute atomic E-state index is 12.4. The fraction of sp³-hybridized carbons (Fsp3) is 0.913. The van der Waals surface area contributed by atoms with Crippen LogP contribution in [0, 0.1) is 16.7 Å². The lowest BCUT2D eigenvalue weighted by Crippen LogP contribution is -2.55. The molecule has 0 aromatic carbocycles. The molecule has 0 amide bonds. The molecule has 2 atom stereocenters. The van der Waals surface area contributed by atoms with Crippen molar-refractivity contribution in [1.82, 2.24) is 0 Å². The van der Waals surface area contributed by atoms with Crippen molar-refractivity contribution in [3.05, 3.63) is 0 Å². The van der Waals surface area contributed by atoms with Crippen LogP contribution < -0.4 is 0 Å². The molecule has 2 N–H and O–H groups in total. The zero-order valence-electron chi connectivity index (χ0n) is 17.9. The minimum Gasteiger partial charge on any atom is -0.481 e. The third-order valence-electron chi connectivity index (χ3n) is 6.66. The van der Waals surface area contributed by atoms with Crippen molar-refractivity contribution in [3.8, 4) is 0 Å². The molecule has 1 rings (SSSR count). The Kier molecular flexibility index (Phi) is 10.4. The topological polar surface area (TPSA) is 74.6 Å². The molecule has 0 aromatic rings. The number of hydrogen-bond acceptors (Lipinski definition) is 2. The smallest absolute Gasteiger partial charge is 0.310 e. The van der Waals surface area contributed by atoms with Crippen molar-refractivity contribution in [2.75, 3.05) is 0 Å². The summed E-state index contributed by atoms with van der Waals surface area (Å²) < 4.78 is 0. The van der Waals surface area contributed by atoms with Gasteiger partial charge in [-0.1, -0.05) is 91.4 Å². The lowest BCUT2D eigenvalue weighted by atomic mass is 9.51. The lowest BCUT2D eigenvalue weighted by molar-refractivity contribution is -0.183. The number of hydrogen-bond donors (Lipinski definition) is 2. The van der Waals surface area contributed by atoms with Crippen molar-refractivity contribution >= 4 is 11.9 Å². The van der Waals surface area contributed by atoms with E-state index in [1.807, 2.05) is 13.8 Å². The summed E-state index contributed by atoms with van der Waals surface area (Å²) in [6, 6.07) is 0. The van der Waals surface area contributed by atoms with Crippen LogP contribution in [0.15, 0.2) is 0 Å². The molecule has 0 bridgehead atoms. The highest BCUT2D eigenvalue weighted by Gasteiger charge is 2.61. The van der Waals surface area contributed by atoms with E-state index in [0.717, 1.165) is 32.1 Å². The van der Waals surface area contributed by atoms with Crippen LogP contribution in [0.5, 0.6) is 0 Å². The predicted molar refractivity (Wildman–Crippen MR) is 110 cm³/mol. The third kappa shape index (κ3) is 6.22. The Morgan fingerprint density at radius 2 is 1.22 bits per heavy atom. The number of aliphatic carboxylic acids is 2. The van der Waals surface area contributed by atoms with Crippen LogP contribution in [0.4, 0.5) is 0 Å². The molecular weight excluding hydrogens is 340 g/mol. The van der Waals surface area contributed by atoms with Crippen molar-refractivity contribution in [3.63, 3.8) is 0 Å². The first kappa shape index (κ1) is 24.0. The maximum atomic E-state index is 12.4. The van der Waals surface area contributed by atoms with E-state index in [-0.39, 0.29) is 5.92 Å². The van der Waals surface area contributed by atoms with Gasteiger partial charge in [-0.3, -0.25) is 9.59 Å². The molecule has 0 spiro atoms. The van der Waals surface area contributed by atoms with Gasteiger partial charge in [-0.2, -0.15) is 0 Å². The maximum Gasteiger partial charge on any atom is 0.310 e. The van der Waals surface area contributed by atoms with Crippen LogP contribution in [0.2, 0.25) is 0 Å². The first-order valence-electron chi connectivity index (χ1n) is 11.3. The van der Waals surface area contributed by atoms with Gasteiger partial charge in [-0.25, -0.2) is 0 Å². The summed E-state index contributed by atoms with van der Waals surface area (Å²) in [5.41, 5.74) is -2.20. The van der Waals surface area contributed by atoms with Crippen molar-refractivity contribution in [1.29, 1.82) is 0 Å². The van der Waals surface area contributed by atoms with Gasteiger partial charge in [0.1, 0.15) is 0 Å². The first-order valence-corrected chi connectivity index (χ1v) is 11.3. The first-order chi connectivity index (χ1) is 12.8. The molecule has 0 aromatic heterocycles. The number of carboxylic acid groups (broad SMARTS) is 2. The third-order valence-corrected chi connectivity index (χ3v) is 6.66. The quantitative estimate of drug-likeness (QED) is 0.329. The molecule has 4 heteroatoms. The average Bonchev–Trinajstić information content (AvgIpc) is 2.60. The number of rotatable bonds is 14. The molecule has 1 aliphatic rings. The second kappa shape index (κ2) is 11.7. The largest absolute Gasteiger partial charge is 0.481 e. The lowest BCUT2D eigenvalue weighted by Gasteiger charge is -2.49. The standard InChI is InChI=1S/C23H42O4/c1-4-5-6-7-8-9-10-11-12-15-22(20(24)25)16-13-14-17-23(22,21(26)27)18-19(2)3/h19H,4-18H2,1-3H3,(H,24,25)(H,26,27). The molecule has 1 aliphatic carbocycles. The zero-order chi connectivity index (χ0) is 20.3. The molecule has 2 unspecified atom stereocenters. The van der Waals surface area contributed by atoms with E-state index in [1.165, 1.54) is 38.5 Å². The Morgan fingerprint density at radius 1 is 0.778 bits per heavy atom. The Bertz CT molecular complexity index is 459. The molecule has 0 saturated heterocycles. The van der Waals surface area contributed by atoms with Gasteiger partial charge in [-0.05, 0) is 31.6 Å². The molecule has 0 radical (unpaired) electrons. The average molecular weight is 383 g/mol. The fourth-order valence-corrected chi connectivity index (χ4v) is 5.25. The van der Waals surface area contributed by atoms with Crippen LogP contribution >= 0.6 is 0 Å². The summed E-state index contributed by atoms with van der Waals surface area (Å²) in [5.74, 6) is -1.60. The van der Waals surface area contributed by atoms with Crippen LogP contribution in [0.25, 0.3) is 0 Å². The molecule has 0 aliphatic heterocycles. The highest BCUT2D eigenvalue weighted by atomic mass is 16.4. The second-order valence-corrected chi connectivity index (χ2v) is 9.16. The van der Waals surface area contributed by atoms with E-state index in [9.17, 15) is 19.8 Å². The number of carboxylic acids is 2. The van der Waals surface area contributed by atoms with Gasteiger partial charge < -0.3 is 10.2 Å². The minimum atomic E-state index is -1.11. The summed E-state index contributed by atoms with van der Waals surface area (Å²) in [6.45, 7) is 6.23. The van der Waals surface area contributed by atoms with E-state index in [4.69, 9.17) is 0 Å². The van der Waals surface area contributed by atoms with E-state index in [1.54, 1.807) is 0 Å². The Morgan fingerprint density at radius 3 is 1.67 bits per heavy atom. The number of unbranched alkanes of at least 4 members (excludes halogenated alkanes) is 8. The molecule has 4 nitrogen and oxygen atoms in total. The summed E-state index contributed by atoms with van der Waals surface area (Å²) in [7, 11) is 0. The highest BCUT2D eigenvalue weighted by molar-refractivity contribution is 5.87. The minimum absolute atomic E-state index is 0.182. The van der Waals surface area contributed by atoms with E-state index < -0.39 is 22.8 Å². The van der Waals surface area contributed by atoms with Gasteiger partial charge in [0.05, 0.1) is 10.8 Å². The van der Waals surface area contributed by atoms with E-state index in [2.05, 4.69) is 6.92 Å². The number of carbonyl (C=O) groups is 2. The van der Waals surface area contributed by atoms with Crippen LogP contribution in [0.3, 0.4) is 0 Å². The molecule has 1 saturated carbocycles. The van der Waals surface area contributed by atoms with Gasteiger partial charge in [0.2, 0.25) is 0 Å². The van der Waals surface area contributed by atoms with Crippen LogP contribution in [-0.4, -0.2) is 22.2 Å². The van der Waals surface area contributed by atoms with Gasteiger partial charge in [0.25, 0.3) is 0 Å². The highest BCUT2D eigenvalue weighted by Crippen LogP contribution is 2.57. The van der Waals surface area contributed by atoms with Gasteiger partial charge in [-0.15, -0.1) is 0 Å². The molecular formula is C23H42O4. The Balaban J connectivity index is 2.69. The molecule has 158 valence electrons. The summed E-state index contributed by atoms with van der Waals surface area (Å²) in [5, 5.41) is 20.2. The fourth-order valence-electron chi connectivity index (χ4n) is 5.25. The predicted octanol–water partition coefficient (Wildman–Crippen LogP) is 6.67. The normalized spacial score (nSPS) is 25.6. The van der Waals surface area contributed by atoms with Crippen molar-refractivity contribution in [2.45, 2.75) is 117 Å². The molecule has 27 heavy (non-hydrogen) atoms. The molecule has 1 fully saturated rings. The van der Waals surface area contributed by atoms with Gasteiger partial charge in [0, 0.05) is 0 Å². The van der Waals surface area contributed by atoms with E-state index in [0.29, 0.717) is 25.7 Å². The molecule has 0 heterocycles. The summed E-state index contributed by atoms with van der Waals surface area (Å²) >= 11 is 0. The van der Waals surface area contributed by atoms with Crippen molar-refractivity contribution < 1.29 is 19.8 Å². The van der Waals surface area contributed by atoms with E-state index >= 15 is 0 Å². The van der Waals surface area contributed by atoms with Crippen LogP contribution in [-0.2, 0) is 9.59 Å². The monoisotopic (exact) mass is 382 g/mol. The summed E-state index contributed by atoms with van der Waals surface area (Å²) in [6.07, 6.45) is 14.3. The zero-order valence-corrected chi connectivity index (χ0v) is 17.9. The van der Waals surface area contributed by atoms with Crippen LogP contribution in [0.1, 0.15) is 117 Å².